The summed E-state index contributed by atoms with van der Waals surface area (Å²) in [5, 5.41) is 2.44. The average molecular weight is 330 g/mol. The Morgan fingerprint density at radius 3 is 2.44 bits per heavy atom. The molecule has 1 aromatic heterocycles. The number of fused-ring (bicyclic) bond motifs is 1. The molecule has 0 amide bonds. The van der Waals surface area contributed by atoms with Gasteiger partial charge in [0.1, 0.15) is 0 Å². The van der Waals surface area contributed by atoms with E-state index in [1.165, 1.54) is 47.8 Å². The Kier molecular flexibility index (Phi) is 4.35. The van der Waals surface area contributed by atoms with Crippen LogP contribution in [0.15, 0.2) is 60.7 Å². The van der Waals surface area contributed by atoms with Crippen molar-refractivity contribution in [1.29, 1.82) is 0 Å². The predicted molar refractivity (Wildman–Crippen MR) is 101 cm³/mol. The van der Waals surface area contributed by atoms with Crippen LogP contribution in [0, 0.1) is 6.92 Å². The molecule has 1 aliphatic rings. The average Bonchev–Trinajstić information content (AvgIpc) is 3.16. The molecule has 1 heterocycles. The third-order valence-corrected chi connectivity index (χ3v) is 5.42. The van der Waals surface area contributed by atoms with Crippen molar-refractivity contribution in [3.05, 3.63) is 77.6 Å². The van der Waals surface area contributed by atoms with Gasteiger partial charge in [-0.15, -0.1) is 0 Å². The van der Waals surface area contributed by atoms with E-state index in [4.69, 9.17) is 0 Å². The molecule has 0 unspecified atom stereocenters. The standard InChI is InChI=1S/C23H24NO/c1-17-15-19-11-5-8-14-21(19)22(24(17)20-12-6-7-13-20)16-23(25)18-9-3-2-4-10-18/h2-5,8-11,14-15,20H,6-7,12-13,16H2,1H3/q+1. The molecule has 0 saturated heterocycles. The van der Waals surface area contributed by atoms with Crippen molar-refractivity contribution in [2.24, 2.45) is 0 Å². The van der Waals surface area contributed by atoms with Crippen molar-refractivity contribution in [2.75, 3.05) is 0 Å². The molecule has 2 aromatic carbocycles. The largest absolute Gasteiger partial charge is 0.294 e. The van der Waals surface area contributed by atoms with Gasteiger partial charge in [0.25, 0.3) is 0 Å². The van der Waals surface area contributed by atoms with Gasteiger partial charge in [-0.2, -0.15) is 4.57 Å². The highest BCUT2D eigenvalue weighted by atomic mass is 16.1. The summed E-state index contributed by atoms with van der Waals surface area (Å²) in [6.45, 7) is 2.18. The van der Waals surface area contributed by atoms with Crippen LogP contribution in [0.5, 0.6) is 0 Å². The number of hydrogen-bond acceptors (Lipinski definition) is 1. The molecule has 2 nitrogen and oxygen atoms in total. The fourth-order valence-electron chi connectivity index (χ4n) is 4.25. The number of carbonyl (C=O) groups excluding carboxylic acids is 1. The van der Waals surface area contributed by atoms with Crippen molar-refractivity contribution in [2.45, 2.75) is 45.1 Å². The van der Waals surface area contributed by atoms with Crippen molar-refractivity contribution in [1.82, 2.24) is 0 Å². The van der Waals surface area contributed by atoms with Crippen molar-refractivity contribution in [3.8, 4) is 0 Å². The predicted octanol–water partition coefficient (Wildman–Crippen LogP) is 4.98. The van der Waals surface area contributed by atoms with E-state index in [0.29, 0.717) is 12.5 Å². The van der Waals surface area contributed by atoms with Gasteiger partial charge in [-0.3, -0.25) is 4.79 Å². The monoisotopic (exact) mass is 330 g/mol. The minimum absolute atomic E-state index is 0.197. The number of hydrogen-bond donors (Lipinski definition) is 0. The maximum atomic E-state index is 12.9. The Hall–Kier alpha value is -2.48. The van der Waals surface area contributed by atoms with E-state index >= 15 is 0 Å². The van der Waals surface area contributed by atoms with E-state index in [9.17, 15) is 4.79 Å². The molecule has 0 atom stereocenters. The molecule has 0 aliphatic heterocycles. The highest BCUT2D eigenvalue weighted by Crippen LogP contribution is 2.28. The SMILES string of the molecule is Cc1cc2ccccc2c(CC(=O)c2ccccc2)[n+]1C1CCCC1. The van der Waals surface area contributed by atoms with Gasteiger partial charge in [0.05, 0.1) is 6.42 Å². The fraction of sp³-hybridized carbons (Fsp3) is 0.304. The van der Waals surface area contributed by atoms with E-state index in [-0.39, 0.29) is 5.78 Å². The minimum atomic E-state index is 0.197. The second-order valence-corrected chi connectivity index (χ2v) is 7.09. The number of rotatable bonds is 4. The summed E-state index contributed by atoms with van der Waals surface area (Å²) in [5.41, 5.74) is 3.24. The molecule has 4 rings (SSSR count). The van der Waals surface area contributed by atoms with Gasteiger partial charge >= 0.3 is 0 Å². The molecular weight excluding hydrogens is 306 g/mol. The van der Waals surface area contributed by atoms with Crippen LogP contribution in [0.1, 0.15) is 53.5 Å². The van der Waals surface area contributed by atoms with Crippen LogP contribution in [-0.2, 0) is 6.42 Å². The topological polar surface area (TPSA) is 20.9 Å². The molecule has 3 aromatic rings. The Morgan fingerprint density at radius 1 is 1.00 bits per heavy atom. The molecular formula is C23H24NO+. The number of benzene rings is 2. The third-order valence-electron chi connectivity index (χ3n) is 5.42. The number of aromatic nitrogens is 1. The first-order valence-corrected chi connectivity index (χ1v) is 9.25. The van der Waals surface area contributed by atoms with Crippen molar-refractivity contribution >= 4 is 16.6 Å². The number of aryl methyl sites for hydroxylation is 1. The summed E-state index contributed by atoms with van der Waals surface area (Å²) < 4.78 is 2.45. The van der Waals surface area contributed by atoms with Gasteiger partial charge in [-0.1, -0.05) is 48.5 Å². The first-order chi connectivity index (χ1) is 12.2. The molecule has 0 spiro atoms. The molecule has 25 heavy (non-hydrogen) atoms. The lowest BCUT2D eigenvalue weighted by atomic mass is 9.99. The highest BCUT2D eigenvalue weighted by molar-refractivity contribution is 5.99. The van der Waals surface area contributed by atoms with E-state index in [0.717, 1.165) is 5.56 Å². The van der Waals surface area contributed by atoms with Crippen LogP contribution < -0.4 is 4.57 Å². The second kappa shape index (κ2) is 6.79. The normalized spacial score (nSPS) is 14.9. The van der Waals surface area contributed by atoms with E-state index in [2.05, 4.69) is 41.8 Å². The number of nitrogens with zero attached hydrogens (tertiary/aromatic N) is 1. The molecule has 0 radical (unpaired) electrons. The van der Waals surface area contributed by atoms with Crippen molar-refractivity contribution in [3.63, 3.8) is 0 Å². The summed E-state index contributed by atoms with van der Waals surface area (Å²) in [6, 6.07) is 20.9. The molecule has 2 heteroatoms. The third kappa shape index (κ3) is 3.09. The highest BCUT2D eigenvalue weighted by Gasteiger charge is 2.31. The van der Waals surface area contributed by atoms with Gasteiger partial charge in [0.15, 0.2) is 23.2 Å². The quantitative estimate of drug-likeness (QED) is 0.488. The van der Waals surface area contributed by atoms with E-state index < -0.39 is 0 Å². The van der Waals surface area contributed by atoms with Crippen LogP contribution >= 0.6 is 0 Å². The molecule has 1 saturated carbocycles. The van der Waals surface area contributed by atoms with Crippen molar-refractivity contribution < 1.29 is 9.36 Å². The molecule has 0 N–H and O–H groups in total. The van der Waals surface area contributed by atoms with Crippen LogP contribution in [0.3, 0.4) is 0 Å². The van der Waals surface area contributed by atoms with Gasteiger partial charge in [-0.25, -0.2) is 0 Å². The first kappa shape index (κ1) is 16.0. The molecule has 0 bridgehead atoms. The Bertz CT molecular complexity index is 908. The van der Waals surface area contributed by atoms with Gasteiger partial charge < -0.3 is 0 Å². The maximum Gasteiger partial charge on any atom is 0.197 e. The Morgan fingerprint density at radius 2 is 1.68 bits per heavy atom. The zero-order chi connectivity index (χ0) is 17.2. The summed E-state index contributed by atoms with van der Waals surface area (Å²) in [7, 11) is 0. The van der Waals surface area contributed by atoms with Gasteiger partial charge in [-0.05, 0) is 24.3 Å². The first-order valence-electron chi connectivity index (χ1n) is 9.25. The smallest absolute Gasteiger partial charge is 0.197 e. The summed E-state index contributed by atoms with van der Waals surface area (Å²) >= 11 is 0. The molecule has 126 valence electrons. The lowest BCUT2D eigenvalue weighted by Gasteiger charge is -2.15. The zero-order valence-electron chi connectivity index (χ0n) is 14.7. The van der Waals surface area contributed by atoms with Crippen LogP contribution in [0.25, 0.3) is 10.8 Å². The number of ketones is 1. The number of pyridine rings is 1. The minimum Gasteiger partial charge on any atom is -0.294 e. The van der Waals surface area contributed by atoms with Crippen LogP contribution in [0.4, 0.5) is 0 Å². The van der Waals surface area contributed by atoms with E-state index in [1.54, 1.807) is 0 Å². The maximum absolute atomic E-state index is 12.9. The van der Waals surface area contributed by atoms with Gasteiger partial charge in [0.2, 0.25) is 0 Å². The Labute approximate surface area is 149 Å². The summed E-state index contributed by atoms with van der Waals surface area (Å²) in [5.74, 6) is 0.197. The zero-order valence-corrected chi connectivity index (χ0v) is 14.7. The molecule has 1 fully saturated rings. The van der Waals surface area contributed by atoms with Crippen LogP contribution in [-0.4, -0.2) is 5.78 Å². The van der Waals surface area contributed by atoms with E-state index in [1.807, 2.05) is 30.3 Å². The Balaban J connectivity index is 1.84. The molecule has 1 aliphatic carbocycles. The van der Waals surface area contributed by atoms with Gasteiger partial charge in [0, 0.05) is 36.8 Å². The number of carbonyl (C=O) groups is 1. The lowest BCUT2D eigenvalue weighted by molar-refractivity contribution is -0.732. The van der Waals surface area contributed by atoms with Crippen LogP contribution in [0.2, 0.25) is 0 Å². The summed E-state index contributed by atoms with van der Waals surface area (Å²) in [6.07, 6.45) is 5.47. The second-order valence-electron chi connectivity index (χ2n) is 7.09. The summed E-state index contributed by atoms with van der Waals surface area (Å²) in [4.78, 5) is 12.9. The lowest BCUT2D eigenvalue weighted by Crippen LogP contribution is -2.46. The number of Topliss-reactive ketones (excluding diaryl/α,β-unsaturated/α-hetero) is 1. The fourth-order valence-corrected chi connectivity index (χ4v) is 4.25.